The quantitative estimate of drug-likeness (QED) is 0.0288. The molecule has 0 aromatic rings. The molecule has 320 valence electrons. The first-order chi connectivity index (χ1) is 27.1. The van der Waals surface area contributed by atoms with Gasteiger partial charge in [-0.15, -0.1) is 0 Å². The zero-order chi connectivity index (χ0) is 41.4. The van der Waals surface area contributed by atoms with Crippen LogP contribution in [0.4, 0.5) is 0 Å². The molecule has 0 aromatic carbocycles. The lowest BCUT2D eigenvalue weighted by molar-refractivity contribution is -0.887. The van der Waals surface area contributed by atoms with Gasteiger partial charge in [-0.25, -0.2) is 4.79 Å². The summed E-state index contributed by atoms with van der Waals surface area (Å²) in [5, 5.41) is 9.61. The molecule has 0 aromatic heterocycles. The van der Waals surface area contributed by atoms with Gasteiger partial charge in [-0.05, 0) is 77.0 Å². The van der Waals surface area contributed by atoms with Crippen molar-refractivity contribution in [2.75, 3.05) is 41.0 Å². The average Bonchev–Trinajstić information content (AvgIpc) is 3.15. The van der Waals surface area contributed by atoms with Crippen LogP contribution in [0, 0.1) is 0 Å². The van der Waals surface area contributed by atoms with Crippen molar-refractivity contribution in [1.29, 1.82) is 0 Å². The molecule has 8 nitrogen and oxygen atoms in total. The van der Waals surface area contributed by atoms with E-state index in [0.717, 1.165) is 70.6 Å². The summed E-state index contributed by atoms with van der Waals surface area (Å²) in [6.07, 6.45) is 48.1. The standard InChI is InChI=1S/C48H81NO7/c1-6-8-10-12-14-16-18-20-22-23-25-27-29-31-33-35-37-39-47(51)56-44(42-54-41-40-45(48(52)53)49(3,4)5)43-55-46(50)38-36-34-32-30-28-26-24-21-19-17-15-13-11-9-7-2/h8,10,14,16,20-22,24-25,27,31,33,44-45H,6-7,9,11-13,15,17-19,23,26,28-30,32,34-43H2,1-5H3/p+1/b10-8-,16-14-,22-20-,24-21-,27-25-,33-31-. The number of carbonyl (C=O) groups excluding carboxylic acids is 2. The first-order valence-corrected chi connectivity index (χ1v) is 22.0. The second-order valence-corrected chi connectivity index (χ2v) is 15.6. The summed E-state index contributed by atoms with van der Waals surface area (Å²) in [6.45, 7) is 4.53. The highest BCUT2D eigenvalue weighted by Crippen LogP contribution is 2.12. The van der Waals surface area contributed by atoms with Crippen molar-refractivity contribution in [1.82, 2.24) is 0 Å². The Kier molecular flexibility index (Phi) is 36.4. The van der Waals surface area contributed by atoms with Gasteiger partial charge in [-0.2, -0.15) is 0 Å². The number of carboxylic acid groups (broad SMARTS) is 1. The highest BCUT2D eigenvalue weighted by molar-refractivity contribution is 5.72. The monoisotopic (exact) mass is 785 g/mol. The lowest BCUT2D eigenvalue weighted by atomic mass is 10.1. The minimum Gasteiger partial charge on any atom is -0.477 e. The smallest absolute Gasteiger partial charge is 0.362 e. The van der Waals surface area contributed by atoms with Crippen molar-refractivity contribution in [3.63, 3.8) is 0 Å². The molecule has 0 heterocycles. The van der Waals surface area contributed by atoms with E-state index in [1.54, 1.807) is 0 Å². The summed E-state index contributed by atoms with van der Waals surface area (Å²) in [4.78, 5) is 36.9. The van der Waals surface area contributed by atoms with Crippen molar-refractivity contribution in [3.8, 4) is 0 Å². The Morgan fingerprint density at radius 2 is 1.02 bits per heavy atom. The molecule has 0 aliphatic heterocycles. The van der Waals surface area contributed by atoms with E-state index >= 15 is 0 Å². The van der Waals surface area contributed by atoms with Gasteiger partial charge < -0.3 is 23.8 Å². The number of carboxylic acids is 1. The maximum atomic E-state index is 12.7. The zero-order valence-electron chi connectivity index (χ0n) is 36.3. The molecular weight excluding hydrogens is 703 g/mol. The molecule has 1 N–H and O–H groups in total. The van der Waals surface area contributed by atoms with Crippen LogP contribution in [0.25, 0.3) is 0 Å². The van der Waals surface area contributed by atoms with Gasteiger partial charge in [0.2, 0.25) is 0 Å². The number of ether oxygens (including phenoxy) is 3. The lowest BCUT2D eigenvalue weighted by Crippen LogP contribution is -2.50. The summed E-state index contributed by atoms with van der Waals surface area (Å²) < 4.78 is 17.2. The van der Waals surface area contributed by atoms with Crippen molar-refractivity contribution in [2.24, 2.45) is 0 Å². The van der Waals surface area contributed by atoms with Crippen molar-refractivity contribution >= 4 is 17.9 Å². The summed E-state index contributed by atoms with van der Waals surface area (Å²) in [7, 11) is 5.50. The molecule has 0 bridgehead atoms. The van der Waals surface area contributed by atoms with Crippen molar-refractivity contribution in [2.45, 2.75) is 174 Å². The fourth-order valence-corrected chi connectivity index (χ4v) is 5.94. The number of rotatable bonds is 38. The predicted octanol–water partition coefficient (Wildman–Crippen LogP) is 12.0. The van der Waals surface area contributed by atoms with Crippen molar-refractivity contribution < 1.29 is 38.2 Å². The molecule has 0 spiro atoms. The van der Waals surface area contributed by atoms with Gasteiger partial charge in [-0.1, -0.05) is 138 Å². The van der Waals surface area contributed by atoms with Gasteiger partial charge >= 0.3 is 17.9 Å². The van der Waals surface area contributed by atoms with Crippen LogP contribution in [0.1, 0.15) is 162 Å². The number of aliphatic carboxylic acids is 1. The van der Waals surface area contributed by atoms with Crippen molar-refractivity contribution in [3.05, 3.63) is 72.9 Å². The number of unbranched alkanes of at least 4 members (excludes halogenated alkanes) is 12. The van der Waals surface area contributed by atoms with Gasteiger partial charge in [0.05, 0.1) is 34.4 Å². The third kappa shape index (κ3) is 36.4. The summed E-state index contributed by atoms with van der Waals surface area (Å²) in [5.74, 6) is -1.56. The fourth-order valence-electron chi connectivity index (χ4n) is 5.94. The Balaban J connectivity index is 4.48. The Bertz CT molecular complexity index is 1140. The molecule has 0 amide bonds. The number of carbonyl (C=O) groups is 3. The maximum Gasteiger partial charge on any atom is 0.362 e. The Labute approximate surface area is 342 Å². The number of nitrogens with zero attached hydrogens (tertiary/aromatic N) is 1. The zero-order valence-corrected chi connectivity index (χ0v) is 36.3. The SMILES string of the molecule is CC/C=C\C/C=C\C/C=C\C/C=C\C/C=C\CCCC(=O)OC(COCCC(C(=O)O)[N+](C)(C)C)COC(=O)CCCCCCC/C=C\CCCCCCCC. The van der Waals surface area contributed by atoms with Crippen LogP contribution < -0.4 is 0 Å². The Hall–Kier alpha value is -3.23. The van der Waals surface area contributed by atoms with Crippen LogP contribution in [0.3, 0.4) is 0 Å². The summed E-state index contributed by atoms with van der Waals surface area (Å²) in [5.41, 5.74) is 0. The first kappa shape index (κ1) is 52.8. The Morgan fingerprint density at radius 3 is 1.55 bits per heavy atom. The van der Waals surface area contributed by atoms with E-state index in [9.17, 15) is 19.5 Å². The normalized spacial score (nSPS) is 13.7. The van der Waals surface area contributed by atoms with Crippen LogP contribution in [0.15, 0.2) is 72.9 Å². The number of likely N-dealkylation sites (N-methyl/N-ethyl adjacent to an activating group) is 1. The van der Waals surface area contributed by atoms with Gasteiger partial charge in [-0.3, -0.25) is 9.59 Å². The van der Waals surface area contributed by atoms with E-state index in [1.807, 2.05) is 21.1 Å². The fraction of sp³-hybridized carbons (Fsp3) is 0.688. The van der Waals surface area contributed by atoms with Crippen LogP contribution in [0.5, 0.6) is 0 Å². The van der Waals surface area contributed by atoms with E-state index < -0.39 is 18.1 Å². The predicted molar refractivity (Wildman–Crippen MR) is 233 cm³/mol. The highest BCUT2D eigenvalue weighted by atomic mass is 16.6. The van der Waals surface area contributed by atoms with E-state index in [-0.39, 0.29) is 42.7 Å². The van der Waals surface area contributed by atoms with E-state index in [2.05, 4.69) is 86.8 Å². The summed E-state index contributed by atoms with van der Waals surface area (Å²) >= 11 is 0. The molecule has 56 heavy (non-hydrogen) atoms. The number of hydrogen-bond donors (Lipinski definition) is 1. The van der Waals surface area contributed by atoms with E-state index in [1.165, 1.54) is 51.4 Å². The number of quaternary nitrogens is 1. The number of hydrogen-bond acceptors (Lipinski definition) is 6. The maximum absolute atomic E-state index is 12.7. The largest absolute Gasteiger partial charge is 0.477 e. The third-order valence-corrected chi connectivity index (χ3v) is 9.34. The molecule has 0 fully saturated rings. The topological polar surface area (TPSA) is 99.1 Å². The van der Waals surface area contributed by atoms with Gasteiger partial charge in [0.25, 0.3) is 0 Å². The highest BCUT2D eigenvalue weighted by Gasteiger charge is 2.31. The molecular formula is C48H82NO7+. The number of esters is 2. The van der Waals surface area contributed by atoms with Crippen LogP contribution in [-0.4, -0.2) is 80.6 Å². The summed E-state index contributed by atoms with van der Waals surface area (Å²) in [6, 6.07) is -0.629. The second kappa shape index (κ2) is 38.6. The van der Waals surface area contributed by atoms with E-state index in [0.29, 0.717) is 19.3 Å². The lowest BCUT2D eigenvalue weighted by Gasteiger charge is -2.31. The molecule has 0 rings (SSSR count). The molecule has 0 saturated heterocycles. The minimum atomic E-state index is -0.888. The molecule has 8 heteroatoms. The molecule has 0 aliphatic carbocycles. The second-order valence-electron chi connectivity index (χ2n) is 15.6. The first-order valence-electron chi connectivity index (χ1n) is 22.0. The van der Waals surface area contributed by atoms with E-state index in [4.69, 9.17) is 14.2 Å². The number of allylic oxidation sites excluding steroid dienone is 12. The van der Waals surface area contributed by atoms with Gasteiger partial charge in [0, 0.05) is 19.3 Å². The van der Waals surface area contributed by atoms with Gasteiger partial charge in [0.1, 0.15) is 6.61 Å². The molecule has 0 aliphatic rings. The third-order valence-electron chi connectivity index (χ3n) is 9.34. The minimum absolute atomic E-state index is 0.0324. The molecule has 0 radical (unpaired) electrons. The van der Waals surface area contributed by atoms with Crippen LogP contribution in [-0.2, 0) is 28.6 Å². The molecule has 2 atom stereocenters. The molecule has 2 unspecified atom stereocenters. The van der Waals surface area contributed by atoms with Crippen LogP contribution >= 0.6 is 0 Å². The van der Waals surface area contributed by atoms with Crippen LogP contribution in [0.2, 0.25) is 0 Å². The molecule has 0 saturated carbocycles. The van der Waals surface area contributed by atoms with Gasteiger partial charge in [0.15, 0.2) is 12.1 Å². The average molecular weight is 785 g/mol. The Morgan fingerprint density at radius 1 is 0.554 bits per heavy atom.